The number of aromatic nitrogens is 2. The second kappa shape index (κ2) is 9.14. The first-order chi connectivity index (χ1) is 15.6. The summed E-state index contributed by atoms with van der Waals surface area (Å²) in [6.45, 7) is 0.480. The van der Waals surface area contributed by atoms with Gasteiger partial charge in [-0.1, -0.05) is 24.3 Å². The molecular formula is C23H19N7O2. The van der Waals surface area contributed by atoms with Gasteiger partial charge in [-0.25, -0.2) is 9.97 Å². The zero-order valence-corrected chi connectivity index (χ0v) is 17.2. The average molecular weight is 425 g/mol. The first-order valence-electron chi connectivity index (χ1n) is 9.93. The van der Waals surface area contributed by atoms with E-state index in [-0.39, 0.29) is 22.6 Å². The highest BCUT2D eigenvalue weighted by atomic mass is 16.3. The van der Waals surface area contributed by atoms with E-state index in [1.54, 1.807) is 36.7 Å². The van der Waals surface area contributed by atoms with Crippen LogP contribution in [-0.2, 0) is 0 Å². The van der Waals surface area contributed by atoms with E-state index in [9.17, 15) is 15.2 Å². The quantitative estimate of drug-likeness (QED) is 0.613. The van der Waals surface area contributed by atoms with Crippen molar-refractivity contribution in [1.82, 2.24) is 15.3 Å². The Morgan fingerprint density at radius 2 is 2.00 bits per heavy atom. The highest BCUT2D eigenvalue weighted by Gasteiger charge is 2.25. The topological polar surface area (TPSA) is 136 Å². The SMILES string of the molecule is CNC(=O)c1cc2ccccc2c(N=NC2=C(C#N)C=NCCC2c2ncccn2)c1O. The highest BCUT2D eigenvalue weighted by Crippen LogP contribution is 2.40. The summed E-state index contributed by atoms with van der Waals surface area (Å²) in [4.78, 5) is 25.2. The molecule has 1 amide bonds. The number of fused-ring (bicyclic) bond motifs is 1. The van der Waals surface area contributed by atoms with E-state index < -0.39 is 11.8 Å². The number of nitrogens with zero attached hydrogens (tertiary/aromatic N) is 6. The summed E-state index contributed by atoms with van der Waals surface area (Å²) in [5, 5.41) is 33.1. The monoisotopic (exact) mass is 425 g/mol. The van der Waals surface area contributed by atoms with Crippen LogP contribution in [0.2, 0.25) is 0 Å². The van der Waals surface area contributed by atoms with Crippen LogP contribution in [0.25, 0.3) is 10.8 Å². The summed E-state index contributed by atoms with van der Waals surface area (Å²) in [6, 6.07) is 12.7. The molecule has 1 aromatic heterocycles. The van der Waals surface area contributed by atoms with Crippen molar-refractivity contribution in [2.45, 2.75) is 12.3 Å². The van der Waals surface area contributed by atoms with Gasteiger partial charge in [0.2, 0.25) is 0 Å². The van der Waals surface area contributed by atoms with Crippen LogP contribution >= 0.6 is 0 Å². The van der Waals surface area contributed by atoms with Gasteiger partial charge in [-0.3, -0.25) is 9.79 Å². The summed E-state index contributed by atoms with van der Waals surface area (Å²) >= 11 is 0. The van der Waals surface area contributed by atoms with E-state index in [4.69, 9.17) is 0 Å². The molecule has 0 radical (unpaired) electrons. The third kappa shape index (κ3) is 3.94. The molecule has 0 aliphatic carbocycles. The van der Waals surface area contributed by atoms with Gasteiger partial charge in [-0.2, -0.15) is 10.4 Å². The standard InChI is InChI=1S/C23H19N7O2/c1-25-23(32)18-11-14-5-2-3-6-16(14)20(21(18)31)30-29-19-15(12-24)13-26-10-7-17(19)22-27-8-4-9-28-22/h2-6,8-9,11,13,17,31H,7,10H2,1H3,(H,25,32). The van der Waals surface area contributed by atoms with E-state index in [2.05, 4.69) is 36.6 Å². The lowest BCUT2D eigenvalue weighted by atomic mass is 9.98. The number of nitriles is 1. The predicted octanol–water partition coefficient (Wildman–Crippen LogP) is 3.81. The molecular weight excluding hydrogens is 406 g/mol. The first-order valence-corrected chi connectivity index (χ1v) is 9.93. The predicted molar refractivity (Wildman–Crippen MR) is 119 cm³/mol. The maximum atomic E-state index is 12.3. The zero-order valence-electron chi connectivity index (χ0n) is 17.2. The Bertz CT molecular complexity index is 1310. The molecule has 158 valence electrons. The zero-order chi connectivity index (χ0) is 22.5. The number of phenols is 1. The lowest BCUT2D eigenvalue weighted by Crippen LogP contribution is -2.17. The molecule has 0 saturated carbocycles. The normalized spacial score (nSPS) is 16.2. The van der Waals surface area contributed by atoms with Crippen LogP contribution in [0, 0.1) is 11.3 Å². The summed E-state index contributed by atoms with van der Waals surface area (Å²) in [6.07, 6.45) is 5.27. The smallest absolute Gasteiger partial charge is 0.254 e. The summed E-state index contributed by atoms with van der Waals surface area (Å²) < 4.78 is 0. The van der Waals surface area contributed by atoms with Crippen molar-refractivity contribution in [2.24, 2.45) is 15.2 Å². The molecule has 4 rings (SSSR count). The van der Waals surface area contributed by atoms with E-state index in [1.807, 2.05) is 12.1 Å². The van der Waals surface area contributed by atoms with Crippen molar-refractivity contribution in [3.05, 3.63) is 71.4 Å². The number of amides is 1. The maximum Gasteiger partial charge on any atom is 0.254 e. The molecule has 32 heavy (non-hydrogen) atoms. The van der Waals surface area contributed by atoms with Crippen LogP contribution < -0.4 is 5.32 Å². The summed E-state index contributed by atoms with van der Waals surface area (Å²) in [5.41, 5.74) is 0.823. The van der Waals surface area contributed by atoms with Gasteiger partial charge in [0.15, 0.2) is 5.75 Å². The molecule has 0 fully saturated rings. The van der Waals surface area contributed by atoms with Crippen molar-refractivity contribution < 1.29 is 9.90 Å². The molecule has 1 atom stereocenters. The Hall–Kier alpha value is -4.45. The van der Waals surface area contributed by atoms with Crippen molar-refractivity contribution in [1.29, 1.82) is 5.26 Å². The summed E-state index contributed by atoms with van der Waals surface area (Å²) in [7, 11) is 1.48. The van der Waals surface area contributed by atoms with Crippen LogP contribution in [0.4, 0.5) is 5.69 Å². The van der Waals surface area contributed by atoms with Crippen molar-refractivity contribution in [2.75, 3.05) is 13.6 Å². The van der Waals surface area contributed by atoms with E-state index in [0.717, 1.165) is 5.39 Å². The number of rotatable bonds is 4. The largest absolute Gasteiger partial charge is 0.505 e. The average Bonchev–Trinajstić information content (AvgIpc) is 3.05. The Morgan fingerprint density at radius 1 is 1.22 bits per heavy atom. The van der Waals surface area contributed by atoms with Crippen LogP contribution in [-0.4, -0.2) is 40.8 Å². The third-order valence-electron chi connectivity index (χ3n) is 5.12. The minimum atomic E-state index is -0.446. The van der Waals surface area contributed by atoms with Crippen LogP contribution in [0.3, 0.4) is 0 Å². The minimum Gasteiger partial charge on any atom is -0.505 e. The lowest BCUT2D eigenvalue weighted by molar-refractivity contribution is 0.0960. The number of hydrogen-bond donors (Lipinski definition) is 2. The van der Waals surface area contributed by atoms with E-state index >= 15 is 0 Å². The second-order valence-corrected chi connectivity index (χ2v) is 7.02. The molecule has 0 saturated heterocycles. The van der Waals surface area contributed by atoms with Gasteiger partial charge in [0.25, 0.3) is 5.91 Å². The number of aliphatic imine (C=N–C) groups is 1. The Kier molecular flexibility index (Phi) is 5.94. The lowest BCUT2D eigenvalue weighted by Gasteiger charge is -2.14. The first kappa shape index (κ1) is 20.8. The summed E-state index contributed by atoms with van der Waals surface area (Å²) in [5.74, 6) is -0.625. The molecule has 9 heteroatoms. The van der Waals surface area contributed by atoms with Gasteiger partial charge in [0, 0.05) is 37.6 Å². The third-order valence-corrected chi connectivity index (χ3v) is 5.12. The number of hydrogen-bond acceptors (Lipinski definition) is 8. The van der Waals surface area contributed by atoms with Gasteiger partial charge in [0.05, 0.1) is 22.8 Å². The van der Waals surface area contributed by atoms with Gasteiger partial charge < -0.3 is 10.4 Å². The number of benzene rings is 2. The highest BCUT2D eigenvalue weighted by molar-refractivity contribution is 6.06. The number of nitrogens with one attached hydrogen (secondary N) is 1. The molecule has 1 unspecified atom stereocenters. The molecule has 0 bridgehead atoms. The maximum absolute atomic E-state index is 12.3. The van der Waals surface area contributed by atoms with Gasteiger partial charge in [-0.05, 0) is 23.9 Å². The Labute approximate surface area is 183 Å². The number of azo groups is 1. The van der Waals surface area contributed by atoms with E-state index in [0.29, 0.717) is 29.9 Å². The van der Waals surface area contributed by atoms with Crippen molar-refractivity contribution in [3.8, 4) is 11.8 Å². The number of allylic oxidation sites excluding steroid dienone is 2. The molecule has 0 spiro atoms. The molecule has 2 heterocycles. The van der Waals surface area contributed by atoms with Crippen LogP contribution in [0.5, 0.6) is 5.75 Å². The van der Waals surface area contributed by atoms with Gasteiger partial charge in [0.1, 0.15) is 17.6 Å². The van der Waals surface area contributed by atoms with Crippen molar-refractivity contribution in [3.63, 3.8) is 0 Å². The number of phenolic OH excluding ortho intramolecular Hbond substituents is 1. The number of carbonyl (C=O) groups excluding carboxylic acids is 1. The van der Waals surface area contributed by atoms with Crippen molar-refractivity contribution >= 4 is 28.6 Å². The molecule has 1 aliphatic rings. The molecule has 2 N–H and O–H groups in total. The second-order valence-electron chi connectivity index (χ2n) is 7.02. The molecule has 2 aromatic carbocycles. The fraction of sp³-hybridized carbons (Fsp3) is 0.174. The molecule has 9 nitrogen and oxygen atoms in total. The molecule has 3 aromatic rings. The Balaban J connectivity index is 1.89. The number of carbonyl (C=O) groups is 1. The van der Waals surface area contributed by atoms with Gasteiger partial charge in [-0.15, -0.1) is 5.11 Å². The minimum absolute atomic E-state index is 0.0833. The van der Waals surface area contributed by atoms with E-state index in [1.165, 1.54) is 13.3 Å². The fourth-order valence-electron chi connectivity index (χ4n) is 3.53. The van der Waals surface area contributed by atoms with Crippen LogP contribution in [0.1, 0.15) is 28.5 Å². The molecule has 1 aliphatic heterocycles. The number of aromatic hydroxyl groups is 1. The Morgan fingerprint density at radius 3 is 2.75 bits per heavy atom. The fourth-order valence-corrected chi connectivity index (χ4v) is 3.53. The van der Waals surface area contributed by atoms with Gasteiger partial charge >= 0.3 is 0 Å². The van der Waals surface area contributed by atoms with Crippen LogP contribution in [0.15, 0.2) is 75.3 Å².